The lowest BCUT2D eigenvalue weighted by atomic mass is 10.1. The first-order valence-corrected chi connectivity index (χ1v) is 7.10. The number of aryl methyl sites for hydroxylation is 1. The molecule has 1 aromatic carbocycles. The fraction of sp³-hybridized carbons (Fsp3) is 0.533. The van der Waals surface area contributed by atoms with E-state index in [2.05, 4.69) is 0 Å². The maximum atomic E-state index is 14.3. The molecule has 0 spiro atoms. The molecule has 114 valence electrons. The summed E-state index contributed by atoms with van der Waals surface area (Å²) >= 11 is 0. The highest BCUT2D eigenvalue weighted by Crippen LogP contribution is 2.38. The molecule has 2 aliphatic rings. The van der Waals surface area contributed by atoms with E-state index >= 15 is 0 Å². The molecule has 1 fully saturated rings. The van der Waals surface area contributed by atoms with Gasteiger partial charge in [-0.05, 0) is 31.9 Å². The van der Waals surface area contributed by atoms with Crippen LogP contribution in [0, 0.1) is 12.7 Å². The van der Waals surface area contributed by atoms with Crippen molar-refractivity contribution in [3.63, 3.8) is 0 Å². The van der Waals surface area contributed by atoms with Crippen molar-refractivity contribution in [2.24, 2.45) is 0 Å². The molecule has 0 saturated carbocycles. The summed E-state index contributed by atoms with van der Waals surface area (Å²) in [6.07, 6.45) is -0.0829. The summed E-state index contributed by atoms with van der Waals surface area (Å²) in [4.78, 5) is 14.3. The largest absolute Gasteiger partial charge is 0.490 e. The Balaban J connectivity index is 2.12. The van der Waals surface area contributed by atoms with Crippen LogP contribution in [0.4, 0.5) is 4.39 Å². The first-order valence-electron chi connectivity index (χ1n) is 7.10. The van der Waals surface area contributed by atoms with Gasteiger partial charge in [0.25, 0.3) is 5.91 Å². The van der Waals surface area contributed by atoms with E-state index in [1.54, 1.807) is 18.7 Å². The maximum Gasteiger partial charge on any atom is 0.261 e. The molecule has 1 N–H and O–H groups in total. The summed E-state index contributed by atoms with van der Waals surface area (Å²) in [5.74, 6) is -0.581. The lowest BCUT2D eigenvalue weighted by Crippen LogP contribution is -2.37. The number of halogens is 1. The Morgan fingerprint density at radius 3 is 3.05 bits per heavy atom. The minimum Gasteiger partial charge on any atom is -0.490 e. The first kappa shape index (κ1) is 14.1. The number of rotatable bonds is 2. The van der Waals surface area contributed by atoms with E-state index in [1.165, 1.54) is 6.07 Å². The third-order valence-corrected chi connectivity index (χ3v) is 3.95. The molecule has 1 amide bonds. The van der Waals surface area contributed by atoms with Crippen molar-refractivity contribution in [2.45, 2.75) is 32.4 Å². The van der Waals surface area contributed by atoms with Crippen molar-refractivity contribution in [2.75, 3.05) is 19.8 Å². The molecule has 2 atom stereocenters. The molecule has 0 aliphatic carbocycles. The summed E-state index contributed by atoms with van der Waals surface area (Å²) in [5.41, 5.74) is 0.503. The van der Waals surface area contributed by atoms with E-state index in [0.29, 0.717) is 24.3 Å². The van der Waals surface area contributed by atoms with Crippen LogP contribution in [0.1, 0.15) is 29.3 Å². The quantitative estimate of drug-likeness (QED) is 0.898. The number of nitrogens with zero attached hydrogens (tertiary/aromatic N) is 1. The van der Waals surface area contributed by atoms with Gasteiger partial charge in [0.05, 0.1) is 18.8 Å². The lowest BCUT2D eigenvalue weighted by molar-refractivity contribution is 0.0706. The second-order valence-electron chi connectivity index (χ2n) is 5.45. The van der Waals surface area contributed by atoms with Crippen LogP contribution >= 0.6 is 0 Å². The van der Waals surface area contributed by atoms with Gasteiger partial charge < -0.3 is 19.5 Å². The molecule has 0 bridgehead atoms. The topological polar surface area (TPSA) is 59.0 Å². The molecule has 2 heterocycles. The number of hydrogen-bond acceptors (Lipinski definition) is 4. The monoisotopic (exact) mass is 295 g/mol. The number of aliphatic hydroxyl groups excluding tert-OH is 1. The Hall–Kier alpha value is -1.82. The average Bonchev–Trinajstić information content (AvgIpc) is 2.77. The van der Waals surface area contributed by atoms with Crippen LogP contribution in [-0.4, -0.2) is 47.8 Å². The summed E-state index contributed by atoms with van der Waals surface area (Å²) in [7, 11) is 0. The van der Waals surface area contributed by atoms with Gasteiger partial charge in [-0.3, -0.25) is 4.79 Å². The number of ether oxygens (including phenoxy) is 2. The van der Waals surface area contributed by atoms with E-state index in [-0.39, 0.29) is 36.4 Å². The molecule has 0 aromatic heterocycles. The maximum absolute atomic E-state index is 14.3. The standard InChI is InChI=1S/C15H18FNO4/c1-3-20-14-12-11(4-8(2)13(14)16)21-7-9-5-10(18)6-17(9)15(12)19/h4,9-10,18H,3,5-7H2,1-2H3/t9-,10+/m1/s1. The van der Waals surface area contributed by atoms with E-state index in [4.69, 9.17) is 9.47 Å². The van der Waals surface area contributed by atoms with Gasteiger partial charge >= 0.3 is 0 Å². The van der Waals surface area contributed by atoms with E-state index in [0.717, 1.165) is 0 Å². The third-order valence-electron chi connectivity index (χ3n) is 3.95. The van der Waals surface area contributed by atoms with Crippen LogP contribution in [0.15, 0.2) is 6.07 Å². The number of fused-ring (bicyclic) bond motifs is 2. The van der Waals surface area contributed by atoms with Gasteiger partial charge in [-0.15, -0.1) is 0 Å². The number of carbonyl (C=O) groups excluding carboxylic acids is 1. The van der Waals surface area contributed by atoms with Gasteiger partial charge in [0, 0.05) is 6.54 Å². The van der Waals surface area contributed by atoms with Crippen LogP contribution in [0.5, 0.6) is 11.5 Å². The number of hydrogen-bond donors (Lipinski definition) is 1. The van der Waals surface area contributed by atoms with E-state index in [9.17, 15) is 14.3 Å². The summed E-state index contributed by atoms with van der Waals surface area (Å²) in [6, 6.07) is 1.35. The molecule has 0 radical (unpaired) electrons. The van der Waals surface area contributed by atoms with Crippen LogP contribution in [-0.2, 0) is 0 Å². The summed E-state index contributed by atoms with van der Waals surface area (Å²) < 4.78 is 25.3. The number of benzene rings is 1. The highest BCUT2D eigenvalue weighted by atomic mass is 19.1. The summed E-state index contributed by atoms with van der Waals surface area (Å²) in [6.45, 7) is 4.15. The molecule has 1 saturated heterocycles. The molecule has 21 heavy (non-hydrogen) atoms. The van der Waals surface area contributed by atoms with Crippen LogP contribution in [0.25, 0.3) is 0 Å². The Bertz CT molecular complexity index is 590. The highest BCUT2D eigenvalue weighted by molar-refractivity contribution is 6.00. The minimum absolute atomic E-state index is 0.0560. The second-order valence-corrected chi connectivity index (χ2v) is 5.45. The van der Waals surface area contributed by atoms with Gasteiger partial charge in [0.1, 0.15) is 17.9 Å². The normalized spacial score (nSPS) is 24.2. The van der Waals surface area contributed by atoms with Gasteiger partial charge in [0.15, 0.2) is 11.6 Å². The molecule has 3 rings (SSSR count). The van der Waals surface area contributed by atoms with Gasteiger partial charge in [-0.2, -0.15) is 0 Å². The number of amides is 1. The predicted octanol–water partition coefficient (Wildman–Crippen LogP) is 1.50. The molecular weight excluding hydrogens is 277 g/mol. The molecule has 5 nitrogen and oxygen atoms in total. The van der Waals surface area contributed by atoms with E-state index < -0.39 is 11.9 Å². The second kappa shape index (κ2) is 5.18. The van der Waals surface area contributed by atoms with Crippen molar-refractivity contribution in [3.8, 4) is 11.5 Å². The molecule has 0 unspecified atom stereocenters. The van der Waals surface area contributed by atoms with Crippen LogP contribution < -0.4 is 9.47 Å². The Labute approximate surface area is 122 Å². The highest BCUT2D eigenvalue weighted by Gasteiger charge is 2.40. The Kier molecular flexibility index (Phi) is 3.49. The molecular formula is C15H18FNO4. The zero-order valence-corrected chi connectivity index (χ0v) is 12.1. The Morgan fingerprint density at radius 2 is 2.33 bits per heavy atom. The smallest absolute Gasteiger partial charge is 0.261 e. The number of aliphatic hydroxyl groups is 1. The van der Waals surface area contributed by atoms with E-state index in [1.807, 2.05) is 0 Å². The van der Waals surface area contributed by atoms with Crippen molar-refractivity contribution < 1.29 is 23.8 Å². The molecule has 2 aliphatic heterocycles. The minimum atomic E-state index is -0.560. The molecule has 1 aromatic rings. The predicted molar refractivity (Wildman–Crippen MR) is 73.2 cm³/mol. The summed E-state index contributed by atoms with van der Waals surface area (Å²) in [5, 5.41) is 9.73. The molecule has 6 heteroatoms. The lowest BCUT2D eigenvalue weighted by Gasteiger charge is -2.21. The Morgan fingerprint density at radius 1 is 1.57 bits per heavy atom. The van der Waals surface area contributed by atoms with Crippen LogP contribution in [0.3, 0.4) is 0 Å². The SMILES string of the molecule is CCOc1c(F)c(C)cc2c1C(=O)N1C[C@@H](O)C[C@@H]1CO2. The van der Waals surface area contributed by atoms with Crippen molar-refractivity contribution in [3.05, 3.63) is 23.0 Å². The van der Waals surface area contributed by atoms with Gasteiger partial charge in [-0.1, -0.05) is 0 Å². The van der Waals surface area contributed by atoms with Crippen molar-refractivity contribution in [1.82, 2.24) is 4.90 Å². The van der Waals surface area contributed by atoms with Crippen molar-refractivity contribution >= 4 is 5.91 Å². The zero-order chi connectivity index (χ0) is 15.1. The van der Waals surface area contributed by atoms with Gasteiger partial charge in [-0.25, -0.2) is 4.39 Å². The average molecular weight is 295 g/mol. The first-order chi connectivity index (χ1) is 10.0. The third kappa shape index (κ3) is 2.23. The van der Waals surface area contributed by atoms with Crippen LogP contribution in [0.2, 0.25) is 0 Å². The fourth-order valence-corrected chi connectivity index (χ4v) is 2.96. The number of carbonyl (C=O) groups is 1. The fourth-order valence-electron chi connectivity index (χ4n) is 2.96. The zero-order valence-electron chi connectivity index (χ0n) is 12.1. The van der Waals surface area contributed by atoms with Gasteiger partial charge in [0.2, 0.25) is 0 Å². The van der Waals surface area contributed by atoms with Crippen molar-refractivity contribution in [1.29, 1.82) is 0 Å².